The molecule has 0 spiro atoms. The van der Waals surface area contributed by atoms with Gasteiger partial charge in [-0.3, -0.25) is 9.36 Å². The zero-order chi connectivity index (χ0) is 22.7. The molecule has 4 aromatic rings. The minimum Gasteiger partial charge on any atom is -0.465 e. The van der Waals surface area contributed by atoms with Crippen LogP contribution >= 0.6 is 0 Å². The number of aromatic nitrogens is 1. The lowest BCUT2D eigenvalue weighted by Gasteiger charge is -2.19. The number of esters is 2. The van der Waals surface area contributed by atoms with Crippen LogP contribution in [0.25, 0.3) is 21.9 Å². The maximum absolute atomic E-state index is 13.5. The summed E-state index contributed by atoms with van der Waals surface area (Å²) >= 11 is 0. The van der Waals surface area contributed by atoms with Crippen LogP contribution < -0.4 is 5.56 Å². The van der Waals surface area contributed by atoms with Crippen molar-refractivity contribution in [2.45, 2.75) is 6.54 Å². The molecule has 0 unspecified atom stereocenters. The first-order valence-corrected chi connectivity index (χ1v) is 10.0. The summed E-state index contributed by atoms with van der Waals surface area (Å²) in [5.41, 5.74) is 2.18. The third-order valence-electron chi connectivity index (χ3n) is 5.32. The van der Waals surface area contributed by atoms with E-state index >= 15 is 0 Å². The molecule has 0 bridgehead atoms. The van der Waals surface area contributed by atoms with E-state index in [9.17, 15) is 14.4 Å². The second-order valence-corrected chi connectivity index (χ2v) is 7.21. The third kappa shape index (κ3) is 3.78. The normalized spacial score (nSPS) is 10.7. The van der Waals surface area contributed by atoms with Gasteiger partial charge in [0.1, 0.15) is 5.69 Å². The van der Waals surface area contributed by atoms with Crippen molar-refractivity contribution in [3.8, 4) is 11.1 Å². The van der Waals surface area contributed by atoms with Gasteiger partial charge >= 0.3 is 11.9 Å². The number of fused-ring (bicyclic) bond motifs is 1. The predicted molar refractivity (Wildman–Crippen MR) is 122 cm³/mol. The first-order valence-electron chi connectivity index (χ1n) is 10.0. The summed E-state index contributed by atoms with van der Waals surface area (Å²) in [6.45, 7) is 0.193. The maximum atomic E-state index is 13.5. The van der Waals surface area contributed by atoms with E-state index in [4.69, 9.17) is 9.47 Å². The molecule has 3 aromatic carbocycles. The number of carbonyl (C=O) groups is 2. The topological polar surface area (TPSA) is 74.6 Å². The van der Waals surface area contributed by atoms with Crippen molar-refractivity contribution in [3.63, 3.8) is 0 Å². The van der Waals surface area contributed by atoms with Crippen molar-refractivity contribution in [2.75, 3.05) is 14.2 Å². The van der Waals surface area contributed by atoms with E-state index in [2.05, 4.69) is 0 Å². The van der Waals surface area contributed by atoms with Crippen molar-refractivity contribution in [1.82, 2.24) is 4.57 Å². The fourth-order valence-electron chi connectivity index (χ4n) is 3.81. The second kappa shape index (κ2) is 8.89. The number of pyridine rings is 1. The number of methoxy groups -OCH3 is 2. The maximum Gasteiger partial charge on any atom is 0.355 e. The highest BCUT2D eigenvalue weighted by molar-refractivity contribution is 6.08. The molecule has 0 aliphatic heterocycles. The van der Waals surface area contributed by atoms with Crippen LogP contribution in [0.5, 0.6) is 0 Å². The van der Waals surface area contributed by atoms with Gasteiger partial charge in [-0.05, 0) is 34.7 Å². The van der Waals surface area contributed by atoms with Gasteiger partial charge in [0, 0.05) is 10.9 Å². The average molecular weight is 427 g/mol. The van der Waals surface area contributed by atoms with E-state index in [1.165, 1.54) is 18.8 Å². The summed E-state index contributed by atoms with van der Waals surface area (Å²) in [6.07, 6.45) is 0. The molecule has 0 aliphatic rings. The van der Waals surface area contributed by atoms with Gasteiger partial charge < -0.3 is 9.47 Å². The fraction of sp³-hybridized carbons (Fsp3) is 0.115. The highest BCUT2D eigenvalue weighted by Gasteiger charge is 2.25. The lowest BCUT2D eigenvalue weighted by atomic mass is 9.95. The highest BCUT2D eigenvalue weighted by Crippen LogP contribution is 2.32. The standard InChI is InChI=1S/C26H21NO5/c1-31-25(29)19-13-14-20-21(15-19)22(18-11-7-4-8-12-18)23(26(30)32-2)27(24(20)28)16-17-9-5-3-6-10-17/h3-15H,16H2,1-2H3. The molecule has 0 atom stereocenters. The molecule has 0 saturated heterocycles. The summed E-state index contributed by atoms with van der Waals surface area (Å²) in [4.78, 5) is 38.7. The molecule has 0 fully saturated rings. The predicted octanol–water partition coefficient (Wildman–Crippen LogP) is 4.29. The van der Waals surface area contributed by atoms with Crippen LogP contribution in [0.4, 0.5) is 0 Å². The third-order valence-corrected chi connectivity index (χ3v) is 5.32. The monoisotopic (exact) mass is 427 g/mol. The Morgan fingerprint density at radius 2 is 1.41 bits per heavy atom. The Kier molecular flexibility index (Phi) is 5.85. The van der Waals surface area contributed by atoms with Gasteiger partial charge in [0.25, 0.3) is 5.56 Å². The first-order chi connectivity index (χ1) is 15.5. The zero-order valence-electron chi connectivity index (χ0n) is 17.7. The number of rotatable bonds is 5. The number of hydrogen-bond acceptors (Lipinski definition) is 5. The van der Waals surface area contributed by atoms with Gasteiger partial charge in [0.05, 0.1) is 26.3 Å². The van der Waals surface area contributed by atoms with E-state index in [1.807, 2.05) is 60.7 Å². The van der Waals surface area contributed by atoms with E-state index in [-0.39, 0.29) is 23.4 Å². The lowest BCUT2D eigenvalue weighted by Crippen LogP contribution is -2.28. The van der Waals surface area contributed by atoms with E-state index in [1.54, 1.807) is 18.2 Å². The SMILES string of the molecule is COC(=O)c1ccc2c(=O)n(Cc3ccccc3)c(C(=O)OC)c(-c3ccccc3)c2c1. The van der Waals surface area contributed by atoms with Gasteiger partial charge in [0.2, 0.25) is 0 Å². The van der Waals surface area contributed by atoms with Crippen molar-refractivity contribution in [1.29, 1.82) is 0 Å². The van der Waals surface area contributed by atoms with Crippen LogP contribution in [-0.4, -0.2) is 30.7 Å². The van der Waals surface area contributed by atoms with Gasteiger partial charge in [-0.1, -0.05) is 60.7 Å². The van der Waals surface area contributed by atoms with Gasteiger partial charge in [0.15, 0.2) is 0 Å². The van der Waals surface area contributed by atoms with E-state index in [0.29, 0.717) is 16.3 Å². The average Bonchev–Trinajstić information content (AvgIpc) is 2.85. The molecule has 0 amide bonds. The Bertz CT molecular complexity index is 1360. The summed E-state index contributed by atoms with van der Waals surface area (Å²) in [7, 11) is 2.58. The summed E-state index contributed by atoms with van der Waals surface area (Å²) in [6, 6.07) is 23.4. The molecule has 6 heteroatoms. The second-order valence-electron chi connectivity index (χ2n) is 7.21. The molecule has 4 rings (SSSR count). The molecule has 6 nitrogen and oxygen atoms in total. The van der Waals surface area contributed by atoms with Crippen molar-refractivity contribution < 1.29 is 19.1 Å². The van der Waals surface area contributed by atoms with E-state index < -0.39 is 11.9 Å². The molecular formula is C26H21NO5. The van der Waals surface area contributed by atoms with Crippen LogP contribution in [0.3, 0.4) is 0 Å². The van der Waals surface area contributed by atoms with Gasteiger partial charge in [-0.25, -0.2) is 9.59 Å². The molecule has 1 heterocycles. The first kappa shape index (κ1) is 21.1. The Labute approximate surface area is 184 Å². The molecule has 32 heavy (non-hydrogen) atoms. The molecule has 1 aromatic heterocycles. The van der Waals surface area contributed by atoms with Crippen LogP contribution in [0, 0.1) is 0 Å². The molecular weight excluding hydrogens is 406 g/mol. The van der Waals surface area contributed by atoms with E-state index in [0.717, 1.165) is 11.1 Å². The van der Waals surface area contributed by atoms with Crippen molar-refractivity contribution in [3.05, 3.63) is 106 Å². The fourth-order valence-corrected chi connectivity index (χ4v) is 3.81. The van der Waals surface area contributed by atoms with Crippen LogP contribution in [0.2, 0.25) is 0 Å². The zero-order valence-corrected chi connectivity index (χ0v) is 17.7. The minimum atomic E-state index is -0.637. The van der Waals surface area contributed by atoms with Crippen molar-refractivity contribution >= 4 is 22.7 Å². The summed E-state index contributed by atoms with van der Waals surface area (Å²) in [5.74, 6) is -1.17. The number of carbonyl (C=O) groups excluding carboxylic acids is 2. The molecule has 160 valence electrons. The molecule has 0 aliphatic carbocycles. The van der Waals surface area contributed by atoms with Crippen LogP contribution in [-0.2, 0) is 16.0 Å². The molecule has 0 saturated carbocycles. The minimum absolute atomic E-state index is 0.127. The van der Waals surface area contributed by atoms with Crippen molar-refractivity contribution in [2.24, 2.45) is 0 Å². The number of ether oxygens (including phenoxy) is 2. The number of hydrogen-bond donors (Lipinski definition) is 0. The van der Waals surface area contributed by atoms with Gasteiger partial charge in [-0.2, -0.15) is 0 Å². The van der Waals surface area contributed by atoms with Gasteiger partial charge in [-0.15, -0.1) is 0 Å². The molecule has 0 N–H and O–H groups in total. The lowest BCUT2D eigenvalue weighted by molar-refractivity contribution is 0.0584. The molecule has 0 radical (unpaired) electrons. The Morgan fingerprint density at radius 1 is 0.781 bits per heavy atom. The Morgan fingerprint density at radius 3 is 2.03 bits per heavy atom. The largest absolute Gasteiger partial charge is 0.465 e. The summed E-state index contributed by atoms with van der Waals surface area (Å²) < 4.78 is 11.4. The van der Waals surface area contributed by atoms with Crippen LogP contribution in [0.15, 0.2) is 83.7 Å². The smallest absolute Gasteiger partial charge is 0.355 e. The quantitative estimate of drug-likeness (QED) is 0.444. The number of benzene rings is 3. The Balaban J connectivity index is 2.14. The van der Waals surface area contributed by atoms with Crippen LogP contribution in [0.1, 0.15) is 26.4 Å². The highest BCUT2D eigenvalue weighted by atomic mass is 16.5. The number of nitrogens with zero attached hydrogens (tertiary/aromatic N) is 1. The Hall–Kier alpha value is -4.19. The summed E-state index contributed by atoms with van der Waals surface area (Å²) in [5, 5.41) is 0.869.